The van der Waals surface area contributed by atoms with Crippen LogP contribution in [-0.4, -0.2) is 16.4 Å². The van der Waals surface area contributed by atoms with Crippen LogP contribution in [0.5, 0.6) is 5.75 Å². The molecule has 0 radical (unpaired) electrons. The van der Waals surface area contributed by atoms with Crippen molar-refractivity contribution in [1.82, 2.24) is 0 Å². The van der Waals surface area contributed by atoms with Gasteiger partial charge in [0.05, 0.1) is 15.9 Å². The monoisotopic (exact) mass is 241 g/mol. The van der Waals surface area contributed by atoms with E-state index in [4.69, 9.17) is 1.43 Å². The molecule has 1 aromatic carbocycles. The Bertz CT molecular complexity index is 491. The van der Waals surface area contributed by atoms with Gasteiger partial charge in [-0.2, -0.15) is 0 Å². The van der Waals surface area contributed by atoms with Gasteiger partial charge in [-0.15, -0.1) is 0 Å². The van der Waals surface area contributed by atoms with Gasteiger partial charge in [-0.3, -0.25) is 20.2 Å². The minimum absolute atomic E-state index is 0.177. The summed E-state index contributed by atoms with van der Waals surface area (Å²) in [6.07, 6.45) is 0.620. The van der Waals surface area contributed by atoms with Crippen molar-refractivity contribution in [3.05, 3.63) is 37.9 Å². The molecule has 7 nitrogen and oxygen atoms in total. The minimum atomic E-state index is -0.789. The normalized spacial score (nSPS) is 12.7. The summed E-state index contributed by atoms with van der Waals surface area (Å²) in [4.78, 5) is 20.1. The van der Waals surface area contributed by atoms with E-state index in [2.05, 4.69) is 5.11 Å². The molecule has 0 spiro atoms. The molecule has 1 rings (SSSR count). The Hall–Kier alpha value is -2.18. The number of phenolic OH excluding ortho intramolecular Hbond substituents is 1. The highest BCUT2D eigenvalue weighted by atomic mass is 16.6. The fourth-order valence-electron chi connectivity index (χ4n) is 1.45. The van der Waals surface area contributed by atoms with Crippen LogP contribution in [0.25, 0.3) is 0 Å². The van der Waals surface area contributed by atoms with E-state index in [1.807, 2.05) is 6.92 Å². The van der Waals surface area contributed by atoms with Gasteiger partial charge in [0.1, 0.15) is 0 Å². The first-order chi connectivity index (χ1) is 8.42. The Morgan fingerprint density at radius 3 is 2.47 bits per heavy atom. The summed E-state index contributed by atoms with van der Waals surface area (Å²) in [6, 6.07) is 2.01. The number of nitro groups is 2. The molecule has 0 amide bonds. The molecule has 0 aliphatic heterocycles. The molecule has 1 N–H and O–H groups in total. The highest BCUT2D eigenvalue weighted by Crippen LogP contribution is 2.38. The summed E-state index contributed by atoms with van der Waals surface area (Å²) in [5.74, 6) is -0.413. The number of non-ortho nitro benzene ring substituents is 1. The Balaban J connectivity index is 3.55. The highest BCUT2D eigenvalue weighted by Gasteiger charge is 2.25. The molecule has 1 atom stereocenters. The van der Waals surface area contributed by atoms with Crippen molar-refractivity contribution in [2.24, 2.45) is 0 Å². The van der Waals surface area contributed by atoms with Crippen LogP contribution in [0, 0.1) is 20.2 Å². The summed E-state index contributed by atoms with van der Waals surface area (Å²) < 4.78 is 6.89. The van der Waals surface area contributed by atoms with Crippen LogP contribution < -0.4 is 0 Å². The van der Waals surface area contributed by atoms with Gasteiger partial charge in [0, 0.05) is 11.6 Å². The predicted molar refractivity (Wildman–Crippen MR) is 60.1 cm³/mol. The van der Waals surface area contributed by atoms with Crippen molar-refractivity contribution in [2.45, 2.75) is 26.2 Å². The van der Waals surface area contributed by atoms with Crippen molar-refractivity contribution < 1.29 is 15.0 Å². The maximum absolute atomic E-state index is 10.8. The van der Waals surface area contributed by atoms with Crippen molar-refractivity contribution in [2.75, 3.05) is 0 Å². The molecule has 0 heterocycles. The van der Waals surface area contributed by atoms with Gasteiger partial charge in [-0.1, -0.05) is 13.8 Å². The van der Waals surface area contributed by atoms with Crippen LogP contribution in [0.2, 0.25) is 0 Å². The molecule has 0 saturated heterocycles. The Kier molecular flexibility index (Phi) is 3.17. The van der Waals surface area contributed by atoms with Gasteiger partial charge in [-0.25, -0.2) is 0 Å². The second-order valence-corrected chi connectivity index (χ2v) is 3.71. The van der Waals surface area contributed by atoms with Gasteiger partial charge in [0.15, 0.2) is 5.75 Å². The molecule has 1 unspecified atom stereocenters. The number of rotatable bonds is 5. The Labute approximate surface area is 98.5 Å². The van der Waals surface area contributed by atoms with E-state index in [1.54, 1.807) is 6.92 Å². The molecule has 0 aromatic heterocycles. The zero-order valence-corrected chi connectivity index (χ0v) is 9.37. The lowest BCUT2D eigenvalue weighted by Crippen LogP contribution is -1.99. The zero-order valence-electron chi connectivity index (χ0n) is 10.4. The molecule has 17 heavy (non-hydrogen) atoms. The van der Waals surface area contributed by atoms with Crippen LogP contribution in [0.4, 0.5) is 11.4 Å². The Morgan fingerprint density at radius 1 is 1.41 bits per heavy atom. The van der Waals surface area contributed by atoms with Gasteiger partial charge in [-0.05, 0) is 12.3 Å². The second-order valence-electron chi connectivity index (χ2n) is 3.71. The first-order valence-electron chi connectivity index (χ1n) is 5.43. The lowest BCUT2D eigenvalue weighted by molar-refractivity contribution is -0.394. The number of aromatic hydroxyl groups is 1. The van der Waals surface area contributed by atoms with Crippen LogP contribution >= 0.6 is 0 Å². The van der Waals surface area contributed by atoms with Gasteiger partial charge >= 0.3 is 5.69 Å². The van der Waals surface area contributed by atoms with E-state index >= 15 is 0 Å². The molecule has 7 heteroatoms. The van der Waals surface area contributed by atoms with Crippen molar-refractivity contribution in [3.8, 4) is 5.75 Å². The maximum Gasteiger partial charge on any atom is 0.317 e. The largest absolute Gasteiger partial charge is 0.502 e. The number of benzene rings is 1. The number of hydrogen-bond acceptors (Lipinski definition) is 5. The lowest BCUT2D eigenvalue weighted by Gasteiger charge is -2.10. The fraction of sp³-hybridized carbons (Fsp3) is 0.400. The van der Waals surface area contributed by atoms with Crippen molar-refractivity contribution in [3.63, 3.8) is 0 Å². The highest BCUT2D eigenvalue weighted by molar-refractivity contribution is 5.58. The van der Waals surface area contributed by atoms with E-state index in [1.165, 1.54) is 6.07 Å². The third-order valence-corrected chi connectivity index (χ3v) is 2.63. The van der Waals surface area contributed by atoms with E-state index in [9.17, 15) is 20.2 Å². The predicted octanol–water partition coefficient (Wildman–Crippen LogP) is 2.72. The van der Waals surface area contributed by atoms with Crippen LogP contribution in [0.3, 0.4) is 0 Å². The summed E-state index contributed by atoms with van der Waals surface area (Å²) >= 11 is 0. The third-order valence-electron chi connectivity index (χ3n) is 2.63. The number of nitro benzene ring substituents is 2. The summed E-state index contributed by atoms with van der Waals surface area (Å²) in [6.45, 7) is 3.59. The molecular weight excluding hydrogens is 228 g/mol. The lowest BCUT2D eigenvalue weighted by atomic mass is 9.96. The average molecular weight is 241 g/mol. The van der Waals surface area contributed by atoms with Crippen LogP contribution in [-0.2, 0) is 0 Å². The number of hydrogen-bond donors (Lipinski definition) is 1. The zero-order chi connectivity index (χ0) is 13.9. The first kappa shape index (κ1) is 11.3. The van der Waals surface area contributed by atoms with E-state index < -0.39 is 15.5 Å². The molecule has 1 aromatic rings. The second kappa shape index (κ2) is 4.77. The van der Waals surface area contributed by atoms with E-state index in [-0.39, 0.29) is 17.4 Å². The first-order valence-corrected chi connectivity index (χ1v) is 5.02. The molecule has 0 fully saturated rings. The summed E-state index contributed by atoms with van der Waals surface area (Å²) in [5.41, 5.74) is -0.638. The van der Waals surface area contributed by atoms with E-state index in [0.717, 1.165) is 6.07 Å². The molecule has 92 valence electrons. The quantitative estimate of drug-likeness (QED) is 0.629. The molecule has 0 bridgehead atoms. The topological polar surface area (TPSA) is 107 Å². The summed E-state index contributed by atoms with van der Waals surface area (Å²) in [7, 11) is 0. The smallest absolute Gasteiger partial charge is 0.317 e. The van der Waals surface area contributed by atoms with Gasteiger partial charge < -0.3 is 5.11 Å². The van der Waals surface area contributed by atoms with Crippen molar-refractivity contribution in [1.29, 1.82) is 1.43 Å². The minimum Gasteiger partial charge on any atom is -0.502 e. The molecule has 0 aliphatic rings. The fourth-order valence-corrected chi connectivity index (χ4v) is 1.45. The number of nitrogens with zero attached hydrogens (tertiary/aromatic N) is 2. The maximum atomic E-state index is 10.8. The summed E-state index contributed by atoms with van der Waals surface area (Å²) in [5, 5.41) is 25.9. The molecular formula is C10H12N2O5. The number of phenols is 1. The molecule has 0 aliphatic carbocycles. The third kappa shape index (κ3) is 2.49. The Morgan fingerprint density at radius 2 is 2.06 bits per heavy atom. The standard InChI is InChI=1S/C10H12N2O5/c1-3-6(2)8-4-7(11(14)15)5-9(10(8)13)12(16)17/h4-6,13H,3H2,1-2H3/i/hD. The van der Waals surface area contributed by atoms with Crippen molar-refractivity contribution >= 4 is 11.4 Å². The van der Waals surface area contributed by atoms with Crippen LogP contribution in [0.1, 0.15) is 31.7 Å². The average Bonchev–Trinajstić information content (AvgIpc) is 2.35. The van der Waals surface area contributed by atoms with Gasteiger partial charge in [0.2, 0.25) is 0 Å². The SMILES string of the molecule is [2H]Oc1c(C(C)CC)cc([N+](=O)[O-])cc1[N+](=O)[O-]. The van der Waals surface area contributed by atoms with Crippen LogP contribution in [0.15, 0.2) is 12.1 Å². The molecule has 0 saturated carbocycles. The van der Waals surface area contributed by atoms with Gasteiger partial charge in [0.25, 0.3) is 7.12 Å². The van der Waals surface area contributed by atoms with E-state index in [0.29, 0.717) is 12.0 Å².